The third kappa shape index (κ3) is 6.69. The van der Waals surface area contributed by atoms with Gasteiger partial charge in [-0.2, -0.15) is 8.78 Å². The molecule has 7 heteroatoms. The van der Waals surface area contributed by atoms with Gasteiger partial charge in [0.05, 0.1) is 6.42 Å². The highest BCUT2D eigenvalue weighted by atomic mass is 19.3. The van der Waals surface area contributed by atoms with E-state index < -0.39 is 18.0 Å². The minimum absolute atomic E-state index is 0.00536. The van der Waals surface area contributed by atoms with E-state index in [1.807, 2.05) is 0 Å². The Morgan fingerprint density at radius 1 is 1.24 bits per heavy atom. The van der Waals surface area contributed by atoms with Crippen LogP contribution in [-0.4, -0.2) is 23.6 Å². The predicted octanol–water partition coefficient (Wildman–Crippen LogP) is 3.12. The number of aliphatic carboxylic acids is 1. The molecule has 0 radical (unpaired) electrons. The maximum Gasteiger partial charge on any atom is 0.387 e. The first-order valence-electron chi connectivity index (χ1n) is 6.24. The summed E-state index contributed by atoms with van der Waals surface area (Å²) < 4.78 is 28.1. The number of benzene rings is 1. The standard InChI is InChI=1S/C14H17F2NO4/c1-14(2,8-12(19)20)7-11(18)17-9-3-5-10(6-4-9)21-13(15)16/h3-6,13H,7-8H2,1-2H3,(H,17,18)(H,19,20). The number of ether oxygens (including phenoxy) is 1. The van der Waals surface area contributed by atoms with Crippen molar-refractivity contribution in [2.24, 2.45) is 5.41 Å². The zero-order valence-corrected chi connectivity index (χ0v) is 11.7. The Balaban J connectivity index is 2.56. The predicted molar refractivity (Wildman–Crippen MR) is 72.4 cm³/mol. The minimum atomic E-state index is -2.90. The molecule has 5 nitrogen and oxygen atoms in total. The molecule has 0 unspecified atom stereocenters. The second kappa shape index (κ2) is 7.01. The van der Waals surface area contributed by atoms with Crippen molar-refractivity contribution in [1.82, 2.24) is 0 Å². The average Bonchev–Trinajstić information content (AvgIpc) is 2.28. The van der Waals surface area contributed by atoms with E-state index >= 15 is 0 Å². The second-order valence-electron chi connectivity index (χ2n) is 5.36. The summed E-state index contributed by atoms with van der Waals surface area (Å²) in [7, 11) is 0. The fourth-order valence-corrected chi connectivity index (χ4v) is 1.83. The first-order chi connectivity index (χ1) is 9.68. The van der Waals surface area contributed by atoms with Crippen LogP contribution in [0.15, 0.2) is 24.3 Å². The number of carbonyl (C=O) groups is 2. The number of amides is 1. The molecule has 0 saturated carbocycles. The molecule has 21 heavy (non-hydrogen) atoms. The van der Waals surface area contributed by atoms with E-state index in [9.17, 15) is 18.4 Å². The third-order valence-electron chi connectivity index (χ3n) is 2.63. The summed E-state index contributed by atoms with van der Waals surface area (Å²) in [5.74, 6) is -1.32. The van der Waals surface area contributed by atoms with Gasteiger partial charge in [0.25, 0.3) is 0 Å². The first kappa shape index (κ1) is 16.9. The zero-order valence-electron chi connectivity index (χ0n) is 11.7. The highest BCUT2D eigenvalue weighted by Crippen LogP contribution is 2.26. The molecule has 0 fully saturated rings. The molecule has 0 saturated heterocycles. The van der Waals surface area contributed by atoms with Crippen molar-refractivity contribution in [3.8, 4) is 5.75 Å². The van der Waals surface area contributed by atoms with Crippen LogP contribution in [-0.2, 0) is 9.59 Å². The van der Waals surface area contributed by atoms with Crippen molar-refractivity contribution in [2.45, 2.75) is 33.3 Å². The van der Waals surface area contributed by atoms with E-state index in [1.54, 1.807) is 13.8 Å². The molecule has 1 amide bonds. The number of rotatable bonds is 7. The number of carboxylic acids is 1. The van der Waals surface area contributed by atoms with Crippen LogP contribution in [0.3, 0.4) is 0 Å². The lowest BCUT2D eigenvalue weighted by Gasteiger charge is -2.21. The molecule has 1 aromatic carbocycles. The molecule has 2 N–H and O–H groups in total. The lowest BCUT2D eigenvalue weighted by molar-refractivity contribution is -0.139. The van der Waals surface area contributed by atoms with E-state index in [0.29, 0.717) is 5.69 Å². The molecular formula is C14H17F2NO4. The molecule has 1 rings (SSSR count). The van der Waals surface area contributed by atoms with Gasteiger partial charge in [-0.3, -0.25) is 9.59 Å². The van der Waals surface area contributed by atoms with E-state index in [1.165, 1.54) is 24.3 Å². The van der Waals surface area contributed by atoms with Crippen LogP contribution in [0.1, 0.15) is 26.7 Å². The molecule has 0 spiro atoms. The Morgan fingerprint density at radius 2 is 1.81 bits per heavy atom. The Morgan fingerprint density at radius 3 is 2.29 bits per heavy atom. The fourth-order valence-electron chi connectivity index (χ4n) is 1.83. The summed E-state index contributed by atoms with van der Waals surface area (Å²) in [6.45, 7) is 0.461. The van der Waals surface area contributed by atoms with Crippen molar-refractivity contribution in [1.29, 1.82) is 0 Å². The van der Waals surface area contributed by atoms with Crippen LogP contribution in [0.25, 0.3) is 0 Å². The van der Waals surface area contributed by atoms with Gasteiger partial charge in [0.1, 0.15) is 5.75 Å². The normalized spacial score (nSPS) is 11.3. The number of hydrogen-bond donors (Lipinski definition) is 2. The molecule has 1 aromatic rings. The van der Waals surface area contributed by atoms with Crippen LogP contribution in [0.4, 0.5) is 14.5 Å². The van der Waals surface area contributed by atoms with Crippen LogP contribution >= 0.6 is 0 Å². The maximum absolute atomic E-state index is 12.0. The smallest absolute Gasteiger partial charge is 0.387 e. The van der Waals surface area contributed by atoms with Gasteiger partial charge in [-0.1, -0.05) is 13.8 Å². The topological polar surface area (TPSA) is 75.6 Å². The number of nitrogens with one attached hydrogen (secondary N) is 1. The van der Waals surface area contributed by atoms with Crippen LogP contribution in [0, 0.1) is 5.41 Å². The number of carbonyl (C=O) groups excluding carboxylic acids is 1. The minimum Gasteiger partial charge on any atom is -0.481 e. The van der Waals surface area contributed by atoms with Crippen LogP contribution in [0.2, 0.25) is 0 Å². The molecular weight excluding hydrogens is 284 g/mol. The maximum atomic E-state index is 12.0. The Hall–Kier alpha value is -2.18. The molecule has 0 heterocycles. The van der Waals surface area contributed by atoms with E-state index in [2.05, 4.69) is 10.1 Å². The summed E-state index contributed by atoms with van der Waals surface area (Å²) in [5, 5.41) is 11.3. The van der Waals surface area contributed by atoms with Gasteiger partial charge >= 0.3 is 12.6 Å². The highest BCUT2D eigenvalue weighted by molar-refractivity contribution is 5.91. The van der Waals surface area contributed by atoms with Gasteiger partial charge in [0, 0.05) is 12.1 Å². The molecule has 116 valence electrons. The first-order valence-corrected chi connectivity index (χ1v) is 6.24. The SMILES string of the molecule is CC(C)(CC(=O)O)CC(=O)Nc1ccc(OC(F)F)cc1. The molecule has 0 aliphatic carbocycles. The Bertz CT molecular complexity index is 500. The summed E-state index contributed by atoms with van der Waals surface area (Å²) in [5.41, 5.74) is -0.248. The van der Waals surface area contributed by atoms with Crippen molar-refractivity contribution in [3.05, 3.63) is 24.3 Å². The number of hydrogen-bond acceptors (Lipinski definition) is 3. The van der Waals surface area contributed by atoms with Crippen molar-refractivity contribution < 1.29 is 28.2 Å². The lowest BCUT2D eigenvalue weighted by atomic mass is 9.85. The van der Waals surface area contributed by atoms with Crippen molar-refractivity contribution >= 4 is 17.6 Å². The summed E-state index contributed by atoms with van der Waals surface area (Å²) in [4.78, 5) is 22.5. The molecule has 0 bridgehead atoms. The highest BCUT2D eigenvalue weighted by Gasteiger charge is 2.25. The van der Waals surface area contributed by atoms with Crippen LogP contribution in [0.5, 0.6) is 5.75 Å². The molecule has 0 atom stereocenters. The number of halogens is 2. The quantitative estimate of drug-likeness (QED) is 0.811. The van der Waals surface area contributed by atoms with Crippen molar-refractivity contribution in [2.75, 3.05) is 5.32 Å². The molecule has 0 aliphatic rings. The number of anilines is 1. The lowest BCUT2D eigenvalue weighted by Crippen LogP contribution is -2.24. The largest absolute Gasteiger partial charge is 0.481 e. The third-order valence-corrected chi connectivity index (χ3v) is 2.63. The van der Waals surface area contributed by atoms with Gasteiger partial charge in [-0.05, 0) is 29.7 Å². The molecule has 0 aromatic heterocycles. The van der Waals surface area contributed by atoms with E-state index in [4.69, 9.17) is 5.11 Å². The van der Waals surface area contributed by atoms with Gasteiger partial charge in [-0.15, -0.1) is 0 Å². The van der Waals surface area contributed by atoms with Gasteiger partial charge in [-0.25, -0.2) is 0 Å². The summed E-state index contributed by atoms with van der Waals surface area (Å²) in [6, 6.07) is 5.48. The average molecular weight is 301 g/mol. The number of carboxylic acid groups (broad SMARTS) is 1. The Labute approximate surface area is 120 Å². The van der Waals surface area contributed by atoms with Gasteiger partial charge < -0.3 is 15.2 Å². The second-order valence-corrected chi connectivity index (χ2v) is 5.36. The monoisotopic (exact) mass is 301 g/mol. The fraction of sp³-hybridized carbons (Fsp3) is 0.429. The van der Waals surface area contributed by atoms with Gasteiger partial charge in [0.15, 0.2) is 0 Å². The zero-order chi connectivity index (χ0) is 16.0. The number of alkyl halides is 2. The Kier molecular flexibility index (Phi) is 5.63. The van der Waals surface area contributed by atoms with Crippen molar-refractivity contribution in [3.63, 3.8) is 0 Å². The molecule has 0 aliphatic heterocycles. The van der Waals surface area contributed by atoms with E-state index in [-0.39, 0.29) is 24.5 Å². The van der Waals surface area contributed by atoms with Crippen LogP contribution < -0.4 is 10.1 Å². The summed E-state index contributed by atoms with van der Waals surface area (Å²) >= 11 is 0. The van der Waals surface area contributed by atoms with Gasteiger partial charge in [0.2, 0.25) is 5.91 Å². The summed E-state index contributed by atoms with van der Waals surface area (Å²) in [6.07, 6.45) is -0.0871. The van der Waals surface area contributed by atoms with E-state index in [0.717, 1.165) is 0 Å².